The van der Waals surface area contributed by atoms with Crippen LogP contribution in [0.3, 0.4) is 0 Å². The van der Waals surface area contributed by atoms with E-state index >= 15 is 0 Å². The zero-order valence-corrected chi connectivity index (χ0v) is 20.9. The summed E-state index contributed by atoms with van der Waals surface area (Å²) in [5.74, 6) is 0. The number of piperazine rings is 1. The topological polar surface area (TPSA) is 60.9 Å². The number of benzene rings is 2. The van der Waals surface area contributed by atoms with Crippen LogP contribution in [0.4, 0.5) is 26.3 Å². The van der Waals surface area contributed by atoms with E-state index < -0.39 is 33.5 Å². The van der Waals surface area contributed by atoms with Crippen molar-refractivity contribution in [3.8, 4) is 11.1 Å². The zero-order chi connectivity index (χ0) is 27.2. The van der Waals surface area contributed by atoms with Gasteiger partial charge in [0.25, 0.3) is 5.60 Å². The molecule has 4 rings (SSSR count). The Labute approximate surface area is 211 Å². The molecule has 2 aromatic carbocycles. The molecule has 5 nitrogen and oxygen atoms in total. The summed E-state index contributed by atoms with van der Waals surface area (Å²) in [6.07, 6.45) is -9.84. The van der Waals surface area contributed by atoms with Gasteiger partial charge in [0.15, 0.2) is 0 Å². The summed E-state index contributed by atoms with van der Waals surface area (Å²) < 4.78 is 105. The van der Waals surface area contributed by atoms with Gasteiger partial charge in [0.1, 0.15) is 0 Å². The van der Waals surface area contributed by atoms with Crippen molar-refractivity contribution in [3.05, 3.63) is 59.2 Å². The SMILES string of the molecule is CCc1cc(CN2CCN(S(=O)(=O)C3CC3)CC2)ccc1-c1ccc(C(O)(C(F)(F)F)C(F)(F)F)cc1. The molecule has 0 amide bonds. The highest BCUT2D eigenvalue weighted by atomic mass is 32.2. The van der Waals surface area contributed by atoms with Crippen LogP contribution in [0.1, 0.15) is 36.5 Å². The third-order valence-corrected chi connectivity index (χ3v) is 9.43. The molecule has 1 aliphatic carbocycles. The molecule has 1 saturated carbocycles. The minimum atomic E-state index is -5.93. The molecule has 0 spiro atoms. The Morgan fingerprint density at radius 3 is 1.95 bits per heavy atom. The lowest BCUT2D eigenvalue weighted by Gasteiger charge is -2.34. The molecular formula is C25H28F6N2O3S. The van der Waals surface area contributed by atoms with Crippen LogP contribution in [0.25, 0.3) is 11.1 Å². The van der Waals surface area contributed by atoms with Crippen molar-refractivity contribution in [2.24, 2.45) is 0 Å². The Morgan fingerprint density at radius 2 is 1.46 bits per heavy atom. The van der Waals surface area contributed by atoms with Crippen molar-refractivity contribution in [1.82, 2.24) is 9.21 Å². The number of alkyl halides is 6. The molecule has 0 bridgehead atoms. The Balaban J connectivity index is 1.49. The maximum Gasteiger partial charge on any atom is 0.430 e. The fourth-order valence-electron chi connectivity index (χ4n) is 4.68. The van der Waals surface area contributed by atoms with Gasteiger partial charge in [-0.15, -0.1) is 0 Å². The van der Waals surface area contributed by atoms with Crippen LogP contribution < -0.4 is 0 Å². The van der Waals surface area contributed by atoms with E-state index in [0.717, 1.165) is 36.1 Å². The highest BCUT2D eigenvalue weighted by Crippen LogP contribution is 2.50. The van der Waals surface area contributed by atoms with Gasteiger partial charge in [-0.25, -0.2) is 8.42 Å². The van der Waals surface area contributed by atoms with Gasteiger partial charge in [-0.2, -0.15) is 30.6 Å². The van der Waals surface area contributed by atoms with Gasteiger partial charge in [0, 0.05) is 38.3 Å². The van der Waals surface area contributed by atoms with Crippen molar-refractivity contribution < 1.29 is 39.9 Å². The lowest BCUT2D eigenvalue weighted by atomic mass is 9.89. The molecule has 0 aromatic heterocycles. The van der Waals surface area contributed by atoms with Gasteiger partial charge in [-0.05, 0) is 41.5 Å². The minimum absolute atomic E-state index is 0.233. The highest BCUT2D eigenvalue weighted by molar-refractivity contribution is 7.90. The summed E-state index contributed by atoms with van der Waals surface area (Å²) in [4.78, 5) is 2.15. The van der Waals surface area contributed by atoms with E-state index in [1.54, 1.807) is 10.4 Å². The Kier molecular flexibility index (Phi) is 7.43. The lowest BCUT2D eigenvalue weighted by Crippen LogP contribution is -2.53. The summed E-state index contributed by atoms with van der Waals surface area (Å²) in [6, 6.07) is 9.15. The normalized spacial score (nSPS) is 18.8. The van der Waals surface area contributed by atoms with Crippen LogP contribution in [0.5, 0.6) is 0 Å². The molecule has 0 unspecified atom stereocenters. The van der Waals surface area contributed by atoms with Crippen LogP contribution in [-0.4, -0.2) is 66.5 Å². The Hall–Kier alpha value is -2.15. The number of nitrogens with zero attached hydrogens (tertiary/aromatic N) is 2. The van der Waals surface area contributed by atoms with E-state index in [1.165, 1.54) is 0 Å². The number of halogens is 6. The first-order valence-corrected chi connectivity index (χ1v) is 13.5. The highest BCUT2D eigenvalue weighted by Gasteiger charge is 2.71. The smallest absolute Gasteiger partial charge is 0.369 e. The van der Waals surface area contributed by atoms with Gasteiger partial charge >= 0.3 is 12.4 Å². The molecular weight excluding hydrogens is 522 g/mol. The van der Waals surface area contributed by atoms with Crippen molar-refractivity contribution in [1.29, 1.82) is 0 Å². The van der Waals surface area contributed by atoms with Crippen LogP contribution in [0.15, 0.2) is 42.5 Å². The molecule has 0 radical (unpaired) electrons. The number of aliphatic hydroxyl groups is 1. The summed E-state index contributed by atoms with van der Waals surface area (Å²) in [7, 11) is -3.19. The molecule has 1 aliphatic heterocycles. The average molecular weight is 551 g/mol. The van der Waals surface area contributed by atoms with Crippen LogP contribution >= 0.6 is 0 Å². The van der Waals surface area contributed by atoms with Crippen LogP contribution in [-0.2, 0) is 28.6 Å². The summed E-state index contributed by atoms with van der Waals surface area (Å²) in [5, 5.41) is 9.38. The molecule has 1 heterocycles. The number of sulfonamides is 1. The molecule has 2 fully saturated rings. The molecule has 37 heavy (non-hydrogen) atoms. The number of rotatable bonds is 7. The summed E-state index contributed by atoms with van der Waals surface area (Å²) in [5.41, 5.74) is -3.33. The molecule has 2 aliphatic rings. The molecule has 204 valence electrons. The number of hydrogen-bond acceptors (Lipinski definition) is 4. The maximum atomic E-state index is 13.2. The van der Waals surface area contributed by atoms with Gasteiger partial charge in [-0.3, -0.25) is 4.90 Å². The second-order valence-corrected chi connectivity index (χ2v) is 11.8. The molecule has 1 N–H and O–H groups in total. The average Bonchev–Trinajstić information content (AvgIpc) is 3.69. The molecule has 0 atom stereocenters. The van der Waals surface area contributed by atoms with Crippen molar-refractivity contribution in [2.75, 3.05) is 26.2 Å². The van der Waals surface area contributed by atoms with Gasteiger partial charge in [0.05, 0.1) is 5.25 Å². The predicted octanol–water partition coefficient (Wildman–Crippen LogP) is 4.84. The number of hydrogen-bond donors (Lipinski definition) is 1. The van der Waals surface area contributed by atoms with Crippen molar-refractivity contribution >= 4 is 10.0 Å². The fourth-order valence-corrected chi connectivity index (χ4v) is 6.50. The molecule has 2 aromatic rings. The maximum absolute atomic E-state index is 13.2. The number of aryl methyl sites for hydroxylation is 1. The van der Waals surface area contributed by atoms with E-state index in [0.29, 0.717) is 62.4 Å². The monoisotopic (exact) mass is 550 g/mol. The van der Waals surface area contributed by atoms with Gasteiger partial charge in [0.2, 0.25) is 10.0 Å². The van der Waals surface area contributed by atoms with Crippen molar-refractivity contribution in [2.45, 2.75) is 55.9 Å². The second kappa shape index (κ2) is 9.87. The fraction of sp³-hybridized carbons (Fsp3) is 0.520. The third-order valence-electron chi connectivity index (χ3n) is 7.03. The van der Waals surface area contributed by atoms with E-state index in [4.69, 9.17) is 0 Å². The van der Waals surface area contributed by atoms with Crippen molar-refractivity contribution in [3.63, 3.8) is 0 Å². The lowest BCUT2D eigenvalue weighted by molar-refractivity contribution is -0.376. The first-order valence-electron chi connectivity index (χ1n) is 12.0. The predicted molar refractivity (Wildman–Crippen MR) is 126 cm³/mol. The largest absolute Gasteiger partial charge is 0.430 e. The standard InChI is InChI=1S/C25H28F6N2O3S/c1-2-18-15-17(16-32-11-13-33(14-12-32)37(35,36)21-8-9-21)3-10-22(18)19-4-6-20(7-5-19)23(34,24(26,27)28)25(29,30)31/h3-7,10,15,21,34H,2,8-9,11-14,16H2,1H3. The van der Waals surface area contributed by atoms with Gasteiger partial charge < -0.3 is 5.11 Å². The first kappa shape index (κ1) is 27.9. The van der Waals surface area contributed by atoms with E-state index in [1.807, 2.05) is 19.1 Å². The Morgan fingerprint density at radius 1 is 0.892 bits per heavy atom. The summed E-state index contributed by atoms with van der Waals surface area (Å²) >= 11 is 0. The second-order valence-electron chi connectivity index (χ2n) is 9.55. The van der Waals surface area contributed by atoms with E-state index in [2.05, 4.69) is 4.90 Å². The van der Waals surface area contributed by atoms with Gasteiger partial charge in [-0.1, -0.05) is 49.4 Å². The summed E-state index contributed by atoms with van der Waals surface area (Å²) in [6.45, 7) is 4.55. The first-order chi connectivity index (χ1) is 17.2. The Bertz CT molecular complexity index is 1200. The van der Waals surface area contributed by atoms with Crippen LogP contribution in [0.2, 0.25) is 0 Å². The van der Waals surface area contributed by atoms with E-state index in [9.17, 15) is 39.9 Å². The zero-order valence-electron chi connectivity index (χ0n) is 20.1. The minimum Gasteiger partial charge on any atom is -0.369 e. The quantitative estimate of drug-likeness (QED) is 0.502. The molecule has 1 saturated heterocycles. The third kappa shape index (κ3) is 5.39. The molecule has 12 heteroatoms. The van der Waals surface area contributed by atoms with E-state index in [-0.39, 0.29) is 5.25 Å². The van der Waals surface area contributed by atoms with Crippen LogP contribution in [0, 0.1) is 0 Å².